The SMILES string of the molecule is O=C1CC(c2ccc(O)c(Cl)c2)c2c(ccc3c2OC(=Cc2ccc4c(c2)OCCO4)C3=O)O1. The third-order valence-corrected chi connectivity index (χ3v) is 6.32. The first-order valence-electron chi connectivity index (χ1n) is 10.7. The topological polar surface area (TPSA) is 91.3 Å². The number of fused-ring (bicyclic) bond motifs is 4. The number of hydrogen-bond donors (Lipinski definition) is 1. The summed E-state index contributed by atoms with van der Waals surface area (Å²) in [5.74, 6) is 0.915. The van der Waals surface area contributed by atoms with Crippen molar-refractivity contribution < 1.29 is 33.6 Å². The van der Waals surface area contributed by atoms with E-state index >= 15 is 0 Å². The molecular formula is C26H17ClO7. The number of aromatic hydroxyl groups is 1. The van der Waals surface area contributed by atoms with Gasteiger partial charge in [-0.15, -0.1) is 0 Å². The average Bonchev–Trinajstić information content (AvgIpc) is 3.15. The molecule has 1 N–H and O–H groups in total. The van der Waals surface area contributed by atoms with Crippen molar-refractivity contribution in [3.63, 3.8) is 0 Å². The van der Waals surface area contributed by atoms with Crippen LogP contribution in [0.2, 0.25) is 5.02 Å². The fourth-order valence-electron chi connectivity index (χ4n) is 4.43. The first kappa shape index (κ1) is 20.6. The van der Waals surface area contributed by atoms with Crippen LogP contribution >= 0.6 is 11.6 Å². The van der Waals surface area contributed by atoms with E-state index in [0.29, 0.717) is 52.9 Å². The molecule has 0 spiro atoms. The number of carbonyl (C=O) groups is 2. The lowest BCUT2D eigenvalue weighted by molar-refractivity contribution is -0.135. The molecule has 0 radical (unpaired) electrons. The van der Waals surface area contributed by atoms with Crippen LogP contribution in [0.5, 0.6) is 28.7 Å². The Morgan fingerprint density at radius 1 is 0.912 bits per heavy atom. The van der Waals surface area contributed by atoms with Crippen LogP contribution in [-0.2, 0) is 4.79 Å². The molecule has 1 atom stereocenters. The lowest BCUT2D eigenvalue weighted by atomic mass is 9.84. The molecule has 6 rings (SSSR count). The van der Waals surface area contributed by atoms with Gasteiger partial charge in [-0.2, -0.15) is 0 Å². The van der Waals surface area contributed by atoms with Crippen molar-refractivity contribution in [2.45, 2.75) is 12.3 Å². The zero-order valence-electron chi connectivity index (χ0n) is 17.7. The molecule has 3 heterocycles. The number of ether oxygens (including phenoxy) is 4. The Kier molecular flexibility index (Phi) is 4.74. The van der Waals surface area contributed by atoms with Crippen LogP contribution < -0.4 is 18.9 Å². The summed E-state index contributed by atoms with van der Waals surface area (Å²) in [7, 11) is 0. The summed E-state index contributed by atoms with van der Waals surface area (Å²) in [5.41, 5.74) is 2.41. The molecule has 3 aliphatic rings. The third kappa shape index (κ3) is 3.36. The number of allylic oxidation sites excluding steroid dienone is 1. The number of halogens is 1. The first-order valence-corrected chi connectivity index (χ1v) is 11.1. The van der Waals surface area contributed by atoms with Crippen molar-refractivity contribution in [3.8, 4) is 28.7 Å². The van der Waals surface area contributed by atoms with E-state index in [9.17, 15) is 14.7 Å². The molecule has 1 unspecified atom stereocenters. The van der Waals surface area contributed by atoms with Crippen molar-refractivity contribution in [2.75, 3.05) is 13.2 Å². The van der Waals surface area contributed by atoms with Gasteiger partial charge in [0.1, 0.15) is 30.5 Å². The predicted molar refractivity (Wildman–Crippen MR) is 122 cm³/mol. The molecule has 0 bridgehead atoms. The summed E-state index contributed by atoms with van der Waals surface area (Å²) in [6, 6.07) is 13.4. The van der Waals surface area contributed by atoms with Gasteiger partial charge in [0.05, 0.1) is 17.0 Å². The van der Waals surface area contributed by atoms with Gasteiger partial charge >= 0.3 is 5.97 Å². The van der Waals surface area contributed by atoms with Crippen molar-refractivity contribution in [2.24, 2.45) is 0 Å². The Balaban J connectivity index is 1.42. The molecule has 0 saturated carbocycles. The lowest BCUT2D eigenvalue weighted by Crippen LogP contribution is -2.21. The summed E-state index contributed by atoms with van der Waals surface area (Å²) >= 11 is 6.12. The molecule has 0 saturated heterocycles. The van der Waals surface area contributed by atoms with Crippen LogP contribution in [0.3, 0.4) is 0 Å². The number of esters is 1. The Bertz CT molecular complexity index is 1410. The van der Waals surface area contributed by atoms with Crippen LogP contribution in [0.4, 0.5) is 0 Å². The third-order valence-electron chi connectivity index (χ3n) is 6.02. The Labute approximate surface area is 199 Å². The first-order chi connectivity index (χ1) is 16.5. The minimum absolute atomic E-state index is 0.0450. The Hall–Kier alpha value is -3.97. The number of carbonyl (C=O) groups excluding carboxylic acids is 2. The minimum atomic E-state index is -0.453. The quantitative estimate of drug-likeness (QED) is 0.320. The number of phenolic OH excluding ortho intramolecular Hbond substituents is 1. The Morgan fingerprint density at radius 2 is 1.71 bits per heavy atom. The number of hydrogen-bond acceptors (Lipinski definition) is 7. The van der Waals surface area contributed by atoms with E-state index in [2.05, 4.69) is 0 Å². The van der Waals surface area contributed by atoms with Crippen LogP contribution in [0.25, 0.3) is 6.08 Å². The van der Waals surface area contributed by atoms with E-state index in [1.54, 1.807) is 42.5 Å². The maximum absolute atomic E-state index is 13.2. The number of Topliss-reactive ketones (excluding diaryl/α,β-unsaturated/α-hetero) is 1. The summed E-state index contributed by atoms with van der Waals surface area (Å²) < 4.78 is 22.7. The highest BCUT2D eigenvalue weighted by atomic mass is 35.5. The highest BCUT2D eigenvalue weighted by Crippen LogP contribution is 2.49. The number of ketones is 1. The van der Waals surface area contributed by atoms with E-state index in [4.69, 9.17) is 30.5 Å². The minimum Gasteiger partial charge on any atom is -0.506 e. The number of benzene rings is 3. The van der Waals surface area contributed by atoms with Gasteiger partial charge in [-0.05, 0) is 53.6 Å². The van der Waals surface area contributed by atoms with Gasteiger partial charge in [-0.1, -0.05) is 23.7 Å². The van der Waals surface area contributed by atoms with Crippen molar-refractivity contribution in [3.05, 3.63) is 81.6 Å². The molecule has 3 aliphatic heterocycles. The van der Waals surface area contributed by atoms with E-state index < -0.39 is 11.9 Å². The average molecular weight is 477 g/mol. The summed E-state index contributed by atoms with van der Waals surface area (Å²) in [6.45, 7) is 0.953. The molecule has 0 amide bonds. The fourth-order valence-corrected chi connectivity index (χ4v) is 4.62. The van der Waals surface area contributed by atoms with Crippen molar-refractivity contribution in [1.29, 1.82) is 0 Å². The molecule has 0 fully saturated rings. The van der Waals surface area contributed by atoms with E-state index in [0.717, 1.165) is 5.56 Å². The maximum atomic E-state index is 13.2. The highest BCUT2D eigenvalue weighted by Gasteiger charge is 2.38. The normalized spacial score (nSPS) is 19.3. The predicted octanol–water partition coefficient (Wildman–Crippen LogP) is 4.87. The smallest absolute Gasteiger partial charge is 0.312 e. The number of phenols is 1. The molecule has 3 aromatic carbocycles. The van der Waals surface area contributed by atoms with E-state index in [1.165, 1.54) is 6.07 Å². The maximum Gasteiger partial charge on any atom is 0.312 e. The van der Waals surface area contributed by atoms with Crippen LogP contribution in [0.15, 0.2) is 54.3 Å². The van der Waals surface area contributed by atoms with Crippen LogP contribution in [0, 0.1) is 0 Å². The van der Waals surface area contributed by atoms with Gasteiger partial charge in [0.2, 0.25) is 5.78 Å². The second kappa shape index (κ2) is 7.81. The van der Waals surface area contributed by atoms with Crippen LogP contribution in [-0.4, -0.2) is 30.1 Å². The van der Waals surface area contributed by atoms with Gasteiger partial charge in [-0.25, -0.2) is 0 Å². The zero-order chi connectivity index (χ0) is 23.4. The van der Waals surface area contributed by atoms with Gasteiger partial charge in [0, 0.05) is 11.5 Å². The largest absolute Gasteiger partial charge is 0.506 e. The molecule has 7 nitrogen and oxygen atoms in total. The fraction of sp³-hybridized carbons (Fsp3) is 0.154. The standard InChI is InChI=1S/C26H17ClO7/c27-17-11-14(2-4-18(17)28)16-12-23(29)33-20-6-3-15-25(30)22(34-26(15)24(16)20)10-13-1-5-19-21(9-13)32-8-7-31-19/h1-6,9-11,16,28H,7-8,12H2. The van der Waals surface area contributed by atoms with Crippen LogP contribution in [0.1, 0.15) is 39.4 Å². The summed E-state index contributed by atoms with van der Waals surface area (Å²) in [6.07, 6.45) is 1.69. The second-order valence-corrected chi connectivity index (χ2v) is 8.55. The molecule has 0 aromatic heterocycles. The Morgan fingerprint density at radius 3 is 2.53 bits per heavy atom. The molecule has 0 aliphatic carbocycles. The molecule has 8 heteroatoms. The van der Waals surface area contributed by atoms with Gasteiger partial charge in [0.25, 0.3) is 0 Å². The van der Waals surface area contributed by atoms with Gasteiger partial charge in [0.15, 0.2) is 17.3 Å². The van der Waals surface area contributed by atoms with Crippen molar-refractivity contribution in [1.82, 2.24) is 0 Å². The van der Waals surface area contributed by atoms with Gasteiger partial charge < -0.3 is 24.1 Å². The molecule has 170 valence electrons. The van der Waals surface area contributed by atoms with E-state index in [1.807, 2.05) is 6.07 Å². The highest BCUT2D eigenvalue weighted by molar-refractivity contribution is 6.32. The molecular weight excluding hydrogens is 460 g/mol. The van der Waals surface area contributed by atoms with E-state index in [-0.39, 0.29) is 28.7 Å². The number of rotatable bonds is 2. The summed E-state index contributed by atoms with van der Waals surface area (Å²) in [5, 5.41) is 9.98. The van der Waals surface area contributed by atoms with Gasteiger partial charge in [-0.3, -0.25) is 9.59 Å². The zero-order valence-corrected chi connectivity index (χ0v) is 18.4. The monoisotopic (exact) mass is 476 g/mol. The summed E-state index contributed by atoms with van der Waals surface area (Å²) in [4.78, 5) is 25.5. The van der Waals surface area contributed by atoms with Crippen molar-refractivity contribution >= 4 is 29.4 Å². The lowest BCUT2D eigenvalue weighted by Gasteiger charge is -2.26. The molecule has 34 heavy (non-hydrogen) atoms. The second-order valence-electron chi connectivity index (χ2n) is 8.14. The molecule has 3 aromatic rings.